The molecule has 8 heteroatoms. The Labute approximate surface area is 162 Å². The average molecular weight is 398 g/mol. The Kier molecular flexibility index (Phi) is 7.02. The molecule has 1 saturated heterocycles. The van der Waals surface area contributed by atoms with Gasteiger partial charge < -0.3 is 14.9 Å². The minimum absolute atomic E-state index is 0.0392. The molecule has 0 bridgehead atoms. The predicted molar refractivity (Wildman–Crippen MR) is 106 cm³/mol. The highest BCUT2D eigenvalue weighted by Gasteiger charge is 2.53. The average Bonchev–Trinajstić information content (AvgIpc) is 2.52. The molecule has 2 rings (SSSR count). The van der Waals surface area contributed by atoms with E-state index in [0.717, 1.165) is 11.8 Å². The lowest BCUT2D eigenvalue weighted by molar-refractivity contribution is -0.135. The van der Waals surface area contributed by atoms with Crippen LogP contribution in [0.15, 0.2) is 30.3 Å². The summed E-state index contributed by atoms with van der Waals surface area (Å²) < 4.78 is 26.1. The van der Waals surface area contributed by atoms with Crippen molar-refractivity contribution in [2.24, 2.45) is 0 Å². The van der Waals surface area contributed by atoms with Crippen molar-refractivity contribution in [3.05, 3.63) is 35.9 Å². The van der Waals surface area contributed by atoms with Gasteiger partial charge in [-0.2, -0.15) is 4.31 Å². The molecule has 1 aliphatic heterocycles. The van der Waals surface area contributed by atoms with Crippen LogP contribution in [-0.2, 0) is 14.8 Å². The second-order valence-electron chi connectivity index (χ2n) is 7.72. The van der Waals surface area contributed by atoms with Crippen LogP contribution in [0.1, 0.15) is 25.3 Å². The van der Waals surface area contributed by atoms with Crippen molar-refractivity contribution in [3.8, 4) is 0 Å². The summed E-state index contributed by atoms with van der Waals surface area (Å²) in [7, 11) is 0.148. The molecule has 0 unspecified atom stereocenters. The number of hydrogen-bond donors (Lipinski definition) is 1. The molecule has 1 heterocycles. The maximum Gasteiger partial charge on any atom is 0.237 e. The molecule has 1 aliphatic rings. The topological polar surface area (TPSA) is 81.2 Å². The van der Waals surface area contributed by atoms with Gasteiger partial charge in [-0.1, -0.05) is 30.3 Å². The van der Waals surface area contributed by atoms with E-state index < -0.39 is 22.1 Å². The summed E-state index contributed by atoms with van der Waals surface area (Å²) >= 11 is 0. The van der Waals surface area contributed by atoms with E-state index in [9.17, 15) is 18.3 Å². The first kappa shape index (κ1) is 21.8. The number of hydrogen-bond acceptors (Lipinski definition) is 5. The molecule has 7 nitrogen and oxygen atoms in total. The zero-order valence-electron chi connectivity index (χ0n) is 16.7. The van der Waals surface area contributed by atoms with Gasteiger partial charge >= 0.3 is 0 Å². The molecule has 152 valence electrons. The van der Waals surface area contributed by atoms with Gasteiger partial charge in [-0.05, 0) is 33.5 Å². The molecule has 0 saturated carbocycles. The lowest BCUT2D eigenvalue weighted by Gasteiger charge is -2.54. The Morgan fingerprint density at radius 2 is 1.78 bits per heavy atom. The fourth-order valence-corrected chi connectivity index (χ4v) is 5.26. The Bertz CT molecular complexity index is 737. The maximum atomic E-state index is 12.7. The van der Waals surface area contributed by atoms with E-state index >= 15 is 0 Å². The van der Waals surface area contributed by atoms with Gasteiger partial charge in [0.2, 0.25) is 15.9 Å². The summed E-state index contributed by atoms with van der Waals surface area (Å²) in [5, 5.41) is 9.85. The number of likely N-dealkylation sites (N-methyl/N-ethyl adjacent to an activating group) is 1. The molecule has 1 N–H and O–H groups in total. The minimum atomic E-state index is -3.51. The van der Waals surface area contributed by atoms with Crippen molar-refractivity contribution >= 4 is 15.9 Å². The van der Waals surface area contributed by atoms with Crippen LogP contribution in [0.3, 0.4) is 0 Å². The number of rotatable bonds is 8. The van der Waals surface area contributed by atoms with Crippen molar-refractivity contribution in [1.82, 2.24) is 14.1 Å². The van der Waals surface area contributed by atoms with E-state index in [2.05, 4.69) is 0 Å². The van der Waals surface area contributed by atoms with Crippen LogP contribution in [0.5, 0.6) is 0 Å². The van der Waals surface area contributed by atoms with Gasteiger partial charge in [0.15, 0.2) is 0 Å². The molecule has 1 fully saturated rings. The van der Waals surface area contributed by atoms with Gasteiger partial charge in [0.25, 0.3) is 0 Å². The summed E-state index contributed by atoms with van der Waals surface area (Å²) in [6.45, 7) is 4.17. The van der Waals surface area contributed by atoms with Crippen molar-refractivity contribution < 1.29 is 18.3 Å². The first-order valence-corrected chi connectivity index (χ1v) is 11.0. The fourth-order valence-electron chi connectivity index (χ4n) is 3.88. The van der Waals surface area contributed by atoms with Crippen LogP contribution in [0, 0.1) is 0 Å². The van der Waals surface area contributed by atoms with Gasteiger partial charge in [0, 0.05) is 18.5 Å². The van der Waals surface area contributed by atoms with Crippen LogP contribution in [0.25, 0.3) is 0 Å². The first-order valence-electron chi connectivity index (χ1n) is 9.16. The van der Waals surface area contributed by atoms with Gasteiger partial charge in [-0.15, -0.1) is 0 Å². The summed E-state index contributed by atoms with van der Waals surface area (Å²) in [4.78, 5) is 16.2. The Balaban J connectivity index is 2.36. The number of carbonyl (C=O) groups excluding carboxylic acids is 1. The molecule has 1 aromatic rings. The molecule has 27 heavy (non-hydrogen) atoms. The number of aliphatic hydroxyl groups excluding tert-OH is 1. The quantitative estimate of drug-likeness (QED) is 0.694. The smallest absolute Gasteiger partial charge is 0.237 e. The second kappa shape index (κ2) is 8.68. The third-order valence-corrected chi connectivity index (χ3v) is 6.32. The van der Waals surface area contributed by atoms with Crippen LogP contribution < -0.4 is 0 Å². The lowest BCUT2D eigenvalue weighted by atomic mass is 9.77. The molecule has 0 aromatic heterocycles. The molecule has 0 aliphatic carbocycles. The highest BCUT2D eigenvalue weighted by molar-refractivity contribution is 7.88. The molecule has 1 aromatic carbocycles. The summed E-state index contributed by atoms with van der Waals surface area (Å²) in [5.74, 6) is -0.193. The number of nitrogens with zero attached hydrogens (tertiary/aromatic N) is 3. The predicted octanol–water partition coefficient (Wildman–Crippen LogP) is 0.574. The third-order valence-electron chi connectivity index (χ3n) is 5.02. The zero-order chi connectivity index (χ0) is 20.4. The normalized spacial score (nSPS) is 23.5. The Morgan fingerprint density at radius 3 is 2.22 bits per heavy atom. The van der Waals surface area contributed by atoms with E-state index in [1.807, 2.05) is 58.3 Å². The molecule has 0 radical (unpaired) electrons. The maximum absolute atomic E-state index is 12.7. The second-order valence-corrected chi connectivity index (χ2v) is 9.61. The van der Waals surface area contributed by atoms with Crippen molar-refractivity contribution in [2.45, 2.75) is 37.9 Å². The summed E-state index contributed by atoms with van der Waals surface area (Å²) in [6.07, 6.45) is 1.16. The zero-order valence-corrected chi connectivity index (χ0v) is 17.6. The van der Waals surface area contributed by atoms with Gasteiger partial charge in [0.05, 0.1) is 31.5 Å². The molecule has 1 amide bonds. The highest BCUT2D eigenvalue weighted by Crippen LogP contribution is 2.42. The standard InChI is InChI=1S/C19H31N3O4S/c1-14(2)21(18(24)12-20(3)4)11-16-19(15-9-7-6-8-10-15)17(13-23)22(16)27(5,25)26/h6-10,14,16-17,19,23H,11-13H2,1-5H3/t16-,17-,19+/m1/s1. The number of sulfonamides is 1. The Hall–Kier alpha value is -1.48. The first-order chi connectivity index (χ1) is 12.6. The molecular weight excluding hydrogens is 366 g/mol. The lowest BCUT2D eigenvalue weighted by Crippen LogP contribution is -2.69. The van der Waals surface area contributed by atoms with E-state index in [1.54, 1.807) is 9.80 Å². The van der Waals surface area contributed by atoms with Crippen LogP contribution in [0.2, 0.25) is 0 Å². The Morgan fingerprint density at radius 1 is 1.19 bits per heavy atom. The monoisotopic (exact) mass is 397 g/mol. The van der Waals surface area contributed by atoms with Crippen LogP contribution in [-0.4, -0.2) is 91.7 Å². The molecule has 3 atom stereocenters. The fraction of sp³-hybridized carbons (Fsp3) is 0.632. The van der Waals surface area contributed by atoms with Crippen LogP contribution in [0.4, 0.5) is 0 Å². The van der Waals surface area contributed by atoms with E-state index in [1.165, 1.54) is 4.31 Å². The van der Waals surface area contributed by atoms with E-state index in [4.69, 9.17) is 0 Å². The van der Waals surface area contributed by atoms with Crippen LogP contribution >= 0.6 is 0 Å². The van der Waals surface area contributed by atoms with Gasteiger partial charge in [-0.3, -0.25) is 4.79 Å². The number of aliphatic hydroxyl groups is 1. The van der Waals surface area contributed by atoms with Gasteiger partial charge in [0.1, 0.15) is 0 Å². The number of benzene rings is 1. The van der Waals surface area contributed by atoms with Crippen molar-refractivity contribution in [3.63, 3.8) is 0 Å². The van der Waals surface area contributed by atoms with Gasteiger partial charge in [-0.25, -0.2) is 8.42 Å². The molecular formula is C19H31N3O4S. The largest absolute Gasteiger partial charge is 0.395 e. The van der Waals surface area contributed by atoms with Crippen molar-refractivity contribution in [2.75, 3.05) is 40.0 Å². The van der Waals surface area contributed by atoms with Crippen molar-refractivity contribution in [1.29, 1.82) is 0 Å². The number of amides is 1. The molecule has 0 spiro atoms. The van der Waals surface area contributed by atoms with E-state index in [0.29, 0.717) is 6.54 Å². The third kappa shape index (κ3) is 4.87. The van der Waals surface area contributed by atoms with E-state index in [-0.39, 0.29) is 31.0 Å². The highest BCUT2D eigenvalue weighted by atomic mass is 32.2. The SMILES string of the molecule is CC(C)N(C[C@@H]1[C@H](c2ccccc2)[C@@H](CO)N1S(C)(=O)=O)C(=O)CN(C)C. The minimum Gasteiger partial charge on any atom is -0.395 e. The number of carbonyl (C=O) groups is 1. The summed E-state index contributed by atoms with van der Waals surface area (Å²) in [6, 6.07) is 8.65. The summed E-state index contributed by atoms with van der Waals surface area (Å²) in [5.41, 5.74) is 0.977.